The maximum absolute atomic E-state index is 12.2. The van der Waals surface area contributed by atoms with Crippen molar-refractivity contribution in [1.29, 1.82) is 0 Å². The minimum absolute atomic E-state index is 0.146. The van der Waals surface area contributed by atoms with Crippen molar-refractivity contribution < 1.29 is 18.5 Å². The smallest absolute Gasteiger partial charge is 0.338 e. The zero-order valence-electron chi connectivity index (χ0n) is 14.5. The number of piperidine rings is 1. The van der Waals surface area contributed by atoms with Gasteiger partial charge in [-0.15, -0.1) is 0 Å². The molecule has 132 valence electrons. The summed E-state index contributed by atoms with van der Waals surface area (Å²) >= 11 is 0. The molecule has 24 heavy (non-hydrogen) atoms. The fraction of sp³-hybridized carbons (Fsp3) is 0.556. The Hall–Kier alpha value is -1.69. The van der Waals surface area contributed by atoms with Crippen LogP contribution in [0.15, 0.2) is 24.3 Å². The first-order valence-corrected chi connectivity index (χ1v) is 9.91. The van der Waals surface area contributed by atoms with Gasteiger partial charge in [-0.1, -0.05) is 26.0 Å². The van der Waals surface area contributed by atoms with Gasteiger partial charge in [0.2, 0.25) is 0 Å². The number of hydrogen-bond donors (Lipinski definition) is 0. The molecule has 0 N–H and O–H groups in total. The minimum Gasteiger partial charge on any atom is -0.452 e. The molecule has 1 fully saturated rings. The Kier molecular flexibility index (Phi) is 6.54. The lowest BCUT2D eigenvalue weighted by atomic mass is 9.92. The molecule has 2 rings (SSSR count). The summed E-state index contributed by atoms with van der Waals surface area (Å²) in [5, 5.41) is 0. The summed E-state index contributed by atoms with van der Waals surface area (Å²) in [7, 11) is -0.972. The van der Waals surface area contributed by atoms with Crippen LogP contribution in [0.2, 0.25) is 0 Å². The second-order valence-corrected chi connectivity index (χ2v) is 8.17. The average Bonchev–Trinajstić information content (AvgIpc) is 2.51. The van der Waals surface area contributed by atoms with Gasteiger partial charge in [0.15, 0.2) is 6.61 Å². The van der Waals surface area contributed by atoms with E-state index in [1.165, 1.54) is 0 Å². The van der Waals surface area contributed by atoms with Crippen LogP contribution >= 0.6 is 0 Å². The standard InChI is InChI=1S/C18H25NO4S/c1-13-7-14(2)10-19(9-13)17(20)11-23-18(21)16-6-4-5-15(8-16)12-24(3)22/h4-6,8,13-14H,7,9-12H2,1-3H3. The van der Waals surface area contributed by atoms with Crippen molar-refractivity contribution in [2.24, 2.45) is 11.8 Å². The Morgan fingerprint density at radius 3 is 2.54 bits per heavy atom. The van der Waals surface area contributed by atoms with E-state index >= 15 is 0 Å². The van der Waals surface area contributed by atoms with Crippen LogP contribution in [0.4, 0.5) is 0 Å². The van der Waals surface area contributed by atoms with E-state index in [0.717, 1.165) is 25.1 Å². The maximum atomic E-state index is 12.2. The second-order valence-electron chi connectivity index (χ2n) is 6.74. The van der Waals surface area contributed by atoms with Crippen LogP contribution in [0.3, 0.4) is 0 Å². The summed E-state index contributed by atoms with van der Waals surface area (Å²) in [6.07, 6.45) is 2.74. The molecular weight excluding hydrogens is 326 g/mol. The van der Waals surface area contributed by atoms with Gasteiger partial charge in [0.05, 0.1) is 5.56 Å². The van der Waals surface area contributed by atoms with Crippen molar-refractivity contribution in [1.82, 2.24) is 4.90 Å². The van der Waals surface area contributed by atoms with Crippen LogP contribution in [0.1, 0.15) is 36.2 Å². The van der Waals surface area contributed by atoms with Crippen molar-refractivity contribution in [3.8, 4) is 0 Å². The molecule has 1 heterocycles. The molecule has 0 radical (unpaired) electrons. The van der Waals surface area contributed by atoms with Crippen LogP contribution in [0, 0.1) is 11.8 Å². The molecule has 0 aliphatic carbocycles. The van der Waals surface area contributed by atoms with Crippen LogP contribution in [0.25, 0.3) is 0 Å². The van der Waals surface area contributed by atoms with E-state index in [1.54, 1.807) is 29.4 Å². The molecule has 0 saturated carbocycles. The number of esters is 1. The Morgan fingerprint density at radius 1 is 1.25 bits per heavy atom. The molecule has 5 nitrogen and oxygen atoms in total. The number of nitrogens with zero attached hydrogens (tertiary/aromatic N) is 1. The van der Waals surface area contributed by atoms with Gasteiger partial charge in [-0.05, 0) is 36.0 Å². The Labute approximate surface area is 145 Å². The van der Waals surface area contributed by atoms with Gasteiger partial charge < -0.3 is 9.64 Å². The predicted octanol–water partition coefficient (Wildman–Crippen LogP) is 2.23. The molecule has 3 atom stereocenters. The first-order chi connectivity index (χ1) is 11.3. The highest BCUT2D eigenvalue weighted by Crippen LogP contribution is 2.21. The Balaban J connectivity index is 1.90. The van der Waals surface area contributed by atoms with Crippen LogP contribution in [-0.2, 0) is 26.1 Å². The second kappa shape index (κ2) is 8.42. The molecule has 0 spiro atoms. The first kappa shape index (κ1) is 18.6. The summed E-state index contributed by atoms with van der Waals surface area (Å²) in [6, 6.07) is 6.85. The lowest BCUT2D eigenvalue weighted by Crippen LogP contribution is -2.44. The topological polar surface area (TPSA) is 63.7 Å². The number of amides is 1. The lowest BCUT2D eigenvalue weighted by Gasteiger charge is -2.34. The number of carbonyl (C=O) groups excluding carboxylic acids is 2. The minimum atomic E-state index is -0.972. The zero-order chi connectivity index (χ0) is 17.7. The molecule has 1 aromatic rings. The molecule has 1 saturated heterocycles. The van der Waals surface area contributed by atoms with Crippen molar-refractivity contribution in [2.45, 2.75) is 26.0 Å². The third-order valence-electron chi connectivity index (χ3n) is 4.08. The lowest BCUT2D eigenvalue weighted by molar-refractivity contribution is -0.137. The molecule has 1 amide bonds. The number of hydrogen-bond acceptors (Lipinski definition) is 4. The van der Waals surface area contributed by atoms with Crippen molar-refractivity contribution in [3.63, 3.8) is 0 Å². The van der Waals surface area contributed by atoms with Crippen molar-refractivity contribution in [2.75, 3.05) is 26.0 Å². The van der Waals surface area contributed by atoms with E-state index in [-0.39, 0.29) is 12.5 Å². The molecule has 3 unspecified atom stereocenters. The van der Waals surface area contributed by atoms with E-state index in [4.69, 9.17) is 4.74 Å². The third kappa shape index (κ3) is 5.44. The maximum Gasteiger partial charge on any atom is 0.338 e. The average molecular weight is 351 g/mol. The van der Waals surface area contributed by atoms with E-state index in [2.05, 4.69) is 13.8 Å². The summed E-state index contributed by atoms with van der Waals surface area (Å²) in [5.74, 6) is 0.668. The fourth-order valence-corrected chi connectivity index (χ4v) is 3.84. The van der Waals surface area contributed by atoms with Gasteiger partial charge in [0.1, 0.15) is 0 Å². The Morgan fingerprint density at radius 2 is 1.92 bits per heavy atom. The normalized spacial score (nSPS) is 22.0. The van der Waals surface area contributed by atoms with Crippen LogP contribution < -0.4 is 0 Å². The number of carbonyl (C=O) groups is 2. The predicted molar refractivity (Wildman–Crippen MR) is 94.0 cm³/mol. The van der Waals surface area contributed by atoms with Gasteiger partial charge >= 0.3 is 5.97 Å². The van der Waals surface area contributed by atoms with Crippen molar-refractivity contribution >= 4 is 22.7 Å². The molecule has 1 aliphatic heterocycles. The quantitative estimate of drug-likeness (QED) is 0.763. The van der Waals surface area contributed by atoms with Crippen LogP contribution in [-0.4, -0.2) is 46.9 Å². The number of benzene rings is 1. The molecular formula is C18H25NO4S. The highest BCUT2D eigenvalue weighted by molar-refractivity contribution is 7.83. The molecule has 6 heteroatoms. The number of likely N-dealkylation sites (tertiary alicyclic amines) is 1. The van der Waals surface area contributed by atoms with Crippen molar-refractivity contribution in [3.05, 3.63) is 35.4 Å². The van der Waals surface area contributed by atoms with E-state index in [9.17, 15) is 13.8 Å². The number of ether oxygens (including phenoxy) is 1. The highest BCUT2D eigenvalue weighted by Gasteiger charge is 2.26. The molecule has 0 aromatic heterocycles. The summed E-state index contributed by atoms with van der Waals surface area (Å²) < 4.78 is 16.4. The molecule has 1 aromatic carbocycles. The molecule has 1 aliphatic rings. The first-order valence-electron chi connectivity index (χ1n) is 8.19. The van der Waals surface area contributed by atoms with Gasteiger partial charge in [0, 0.05) is 35.9 Å². The zero-order valence-corrected chi connectivity index (χ0v) is 15.3. The van der Waals surface area contributed by atoms with Gasteiger partial charge in [-0.25, -0.2) is 4.79 Å². The SMILES string of the molecule is CC1CC(C)CN(C(=O)COC(=O)c2cccc(CS(C)=O)c2)C1. The summed E-state index contributed by atoms with van der Waals surface area (Å²) in [4.78, 5) is 26.2. The van der Waals surface area contributed by atoms with Crippen LogP contribution in [0.5, 0.6) is 0 Å². The van der Waals surface area contributed by atoms with E-state index < -0.39 is 16.8 Å². The van der Waals surface area contributed by atoms with E-state index in [1.807, 2.05) is 6.07 Å². The van der Waals surface area contributed by atoms with E-state index in [0.29, 0.717) is 23.2 Å². The largest absolute Gasteiger partial charge is 0.452 e. The monoisotopic (exact) mass is 351 g/mol. The fourth-order valence-electron chi connectivity index (χ4n) is 3.19. The van der Waals surface area contributed by atoms with Gasteiger partial charge in [-0.2, -0.15) is 0 Å². The number of rotatable bonds is 5. The molecule has 0 bridgehead atoms. The summed E-state index contributed by atoms with van der Waals surface area (Å²) in [5.41, 5.74) is 1.20. The van der Waals surface area contributed by atoms with Gasteiger partial charge in [-0.3, -0.25) is 9.00 Å². The van der Waals surface area contributed by atoms with Gasteiger partial charge in [0.25, 0.3) is 5.91 Å². The highest BCUT2D eigenvalue weighted by atomic mass is 32.2. The third-order valence-corrected chi connectivity index (χ3v) is 4.82. The Bertz CT molecular complexity index is 621. The summed E-state index contributed by atoms with van der Waals surface area (Å²) in [6.45, 7) is 5.47.